The third kappa shape index (κ3) is 20.3. The number of aliphatic hydroxyl groups excluding tert-OH is 4. The number of nitrogens with two attached hydrogens (primary N) is 1. The Morgan fingerprint density at radius 1 is 0.580 bits per heavy atom. The predicted molar refractivity (Wildman–Crippen MR) is 373 cm³/mol. The number of anilines is 8. The Morgan fingerprint density at radius 2 is 1.05 bits per heavy atom. The zero-order valence-electron chi connectivity index (χ0n) is 55.0. The second kappa shape index (κ2) is 35.0. The van der Waals surface area contributed by atoms with Crippen molar-refractivity contribution in [2.24, 2.45) is 0 Å². The summed E-state index contributed by atoms with van der Waals surface area (Å²) in [5, 5.41) is 63.4. The summed E-state index contributed by atoms with van der Waals surface area (Å²) in [5.41, 5.74) is 9.94. The van der Waals surface area contributed by atoms with Crippen molar-refractivity contribution in [3.63, 3.8) is 0 Å². The molecule has 4 unspecified atom stereocenters. The average molecular weight is 1470 g/mol. The lowest BCUT2D eigenvalue weighted by atomic mass is 10.1. The molecule has 6 aliphatic heterocycles. The largest absolute Gasteiger partial charge is 0.486 e. The Labute approximate surface area is 586 Å². The summed E-state index contributed by atoms with van der Waals surface area (Å²) in [6, 6.07) is 19.4. The molecule has 2 aromatic carbocycles. The number of benzene rings is 2. The van der Waals surface area contributed by atoms with Crippen molar-refractivity contribution in [3.8, 4) is 34.0 Å². The summed E-state index contributed by atoms with van der Waals surface area (Å²) in [6.07, 6.45) is 10.7. The highest BCUT2D eigenvalue weighted by molar-refractivity contribution is 9.10. The number of pyridine rings is 4. The van der Waals surface area contributed by atoms with Crippen LogP contribution in [0, 0.1) is 43.5 Å². The molecule has 6 aliphatic rings. The number of aliphatic hydroxyl groups is 4. The van der Waals surface area contributed by atoms with E-state index in [2.05, 4.69) is 76.2 Å². The number of halogens is 6. The molecule has 532 valence electrons. The van der Waals surface area contributed by atoms with E-state index >= 15 is 0 Å². The Balaban J connectivity index is 0.000000152. The van der Waals surface area contributed by atoms with Gasteiger partial charge >= 0.3 is 11.6 Å². The Morgan fingerprint density at radius 3 is 1.44 bits per heavy atom. The number of nitrogens with zero attached hydrogens (tertiary/aromatic N) is 15. The van der Waals surface area contributed by atoms with Crippen LogP contribution in [-0.2, 0) is 0 Å². The number of hydrogen-bond acceptors (Lipinski definition) is 26. The van der Waals surface area contributed by atoms with E-state index in [9.17, 15) is 53.1 Å². The molecule has 28 nitrogen and oxygen atoms in total. The molecule has 0 amide bonds. The van der Waals surface area contributed by atoms with Crippen LogP contribution >= 0.6 is 27.5 Å². The highest BCUT2D eigenvalue weighted by Crippen LogP contribution is 2.41. The molecule has 0 bridgehead atoms. The summed E-state index contributed by atoms with van der Waals surface area (Å²) in [7, 11) is 0. The fraction of sp³-hybridized carbons (Fsp3) is 0.394. The van der Waals surface area contributed by atoms with Crippen LogP contribution in [0.1, 0.15) is 53.4 Å². The van der Waals surface area contributed by atoms with Gasteiger partial charge < -0.3 is 91.0 Å². The lowest BCUT2D eigenvalue weighted by Gasteiger charge is -2.34. The maximum absolute atomic E-state index is 14.9. The number of β-amino-alcohol motifs (C(OH)–C–C–N with tert-alkyl or cyclic N) is 4. The van der Waals surface area contributed by atoms with Gasteiger partial charge in [-0.05, 0) is 168 Å². The van der Waals surface area contributed by atoms with Crippen molar-refractivity contribution in [2.75, 3.05) is 114 Å². The minimum Gasteiger partial charge on any atom is -0.486 e. The summed E-state index contributed by atoms with van der Waals surface area (Å²) < 4.78 is 69.5. The quantitative estimate of drug-likeness (QED) is 0.0274. The summed E-state index contributed by atoms with van der Waals surface area (Å²) in [6.45, 7) is 16.1. The number of fused-ring (bicyclic) bond motifs is 2. The number of nitrogens with one attached hydrogen (secondary N) is 2. The van der Waals surface area contributed by atoms with Crippen molar-refractivity contribution in [1.29, 1.82) is 0 Å². The molecule has 8 N–H and O–H groups in total. The molecule has 34 heteroatoms. The van der Waals surface area contributed by atoms with Crippen molar-refractivity contribution in [3.05, 3.63) is 163 Å². The van der Waals surface area contributed by atoms with Gasteiger partial charge in [-0.1, -0.05) is 0 Å². The minimum atomic E-state index is -0.659. The molecule has 4 atom stereocenters. The third-order valence-electron chi connectivity index (χ3n) is 16.3. The smallest absolute Gasteiger partial charge is 0.363 e. The zero-order chi connectivity index (χ0) is 71.7. The molecule has 0 aliphatic carbocycles. The van der Waals surface area contributed by atoms with Gasteiger partial charge in [-0.2, -0.15) is 0 Å². The molecule has 0 radical (unpaired) electrons. The predicted octanol–water partition coefficient (Wildman–Crippen LogP) is 9.31. The summed E-state index contributed by atoms with van der Waals surface area (Å²) >= 11 is 8.82. The standard InChI is InChI=1S/C24H26F2N6O2.C15H14ClF2N3O.C9H11N3O3.C9H13N3O.C5H3BrN2O2.C4H9NO/c1-14(2)32-7-8-34-23-18(25)9-15(10-20(23)32)22-19(26)12-28-24(30-22)29-21-4-3-16(11-27-21)31-6-5-17(33)13-31;1-8(2)21-3-4-22-14-10(17)5-9(6-12(14)21)13-11(18)7-19-15(16)20-13;13-8-3-4-11(6-8)7-1-2-9(10-5-7)12(14)15;10-9-2-1-7(5-11-9)12-4-3-8(13)6-12;6-4-1-2-5(7-3-4)8(9)10;6-4-1-2-5-3-4/h3-4,9-12,14,17,33H,5-8,13H2,1-2H3,(H,27,28,29,30);5-8H,3-4H2,1-2H3;1-2,5,8,13H,3-4,6H2;1-2,5,8,13H,3-4,6H2,(H2,10,11);1-3H;4-6H,1-3H2. The average Bonchev–Trinajstić information content (AvgIpc) is 1.02. The third-order valence-corrected chi connectivity index (χ3v) is 16.9. The fourth-order valence-corrected chi connectivity index (χ4v) is 11.6. The van der Waals surface area contributed by atoms with Crippen LogP contribution in [-0.4, -0.2) is 185 Å². The molecule has 100 heavy (non-hydrogen) atoms. The van der Waals surface area contributed by atoms with Crippen molar-refractivity contribution >= 4 is 85.2 Å². The van der Waals surface area contributed by atoms with Gasteiger partial charge in [-0.25, -0.2) is 47.5 Å². The first-order valence-electron chi connectivity index (χ1n) is 32.0. The molecule has 6 aromatic heterocycles. The van der Waals surface area contributed by atoms with Gasteiger partial charge in [0.05, 0.1) is 95.2 Å². The molecule has 4 fully saturated rings. The topological polar surface area (TPSA) is 355 Å². The number of ether oxygens (including phenoxy) is 2. The first-order chi connectivity index (χ1) is 47.9. The van der Waals surface area contributed by atoms with E-state index in [1.165, 1.54) is 36.7 Å². The maximum Gasteiger partial charge on any atom is 0.363 e. The SMILES string of the molecule is CC(C)N1CCOc2c(F)cc(-c3nc(Cl)ncc3F)cc21.CC(C)N1CCOc2c(F)cc(-c3nc(Nc4ccc(N5CCC(O)C5)cn4)ncc3F)cc21.Nc1ccc(N2CCC(O)C2)cn1.O=[N+]([O-])c1ccc(Br)cn1.O=[N+]([O-])c1ccc(N2CCC(O)C2)cn1.OC1CCNC1. The summed E-state index contributed by atoms with van der Waals surface area (Å²) in [4.78, 5) is 60.9. The molecule has 14 rings (SSSR count). The van der Waals surface area contributed by atoms with Crippen LogP contribution in [0.3, 0.4) is 0 Å². The molecular formula is C66H76BrClF4N18O10. The van der Waals surface area contributed by atoms with Gasteiger partial charge in [0, 0.05) is 81.2 Å². The lowest BCUT2D eigenvalue weighted by Crippen LogP contribution is -2.38. The molecule has 8 aromatic rings. The van der Waals surface area contributed by atoms with E-state index in [1.807, 2.05) is 54.5 Å². The lowest BCUT2D eigenvalue weighted by molar-refractivity contribution is -0.389. The molecule has 0 saturated carbocycles. The Bertz CT molecular complexity index is 4040. The van der Waals surface area contributed by atoms with E-state index in [1.54, 1.807) is 48.8 Å². The van der Waals surface area contributed by atoms with Crippen LogP contribution in [0.2, 0.25) is 5.28 Å². The summed E-state index contributed by atoms with van der Waals surface area (Å²) in [5.74, 6) is -1.20. The van der Waals surface area contributed by atoms with Gasteiger partial charge in [0.15, 0.2) is 47.2 Å². The van der Waals surface area contributed by atoms with E-state index in [-0.39, 0.29) is 82.3 Å². The number of nitro groups is 2. The van der Waals surface area contributed by atoms with Crippen LogP contribution in [0.15, 0.2) is 114 Å². The van der Waals surface area contributed by atoms with Crippen LogP contribution in [0.5, 0.6) is 11.5 Å². The van der Waals surface area contributed by atoms with E-state index in [0.29, 0.717) is 80.1 Å². The van der Waals surface area contributed by atoms with Crippen molar-refractivity contribution < 1.29 is 57.3 Å². The number of rotatable bonds is 11. The van der Waals surface area contributed by atoms with E-state index < -0.39 is 33.1 Å². The Kier molecular flexibility index (Phi) is 26.2. The minimum absolute atomic E-state index is 0.0174. The monoisotopic (exact) mass is 1470 g/mol. The molecule has 0 spiro atoms. The first kappa shape index (κ1) is 74.7. The number of nitrogen functional groups attached to an aromatic ring is 1. The van der Waals surface area contributed by atoms with Gasteiger partial charge in [0.25, 0.3) is 0 Å². The highest BCUT2D eigenvalue weighted by atomic mass is 79.9. The number of aromatic nitrogens is 8. The second-order valence-electron chi connectivity index (χ2n) is 24.1. The van der Waals surface area contributed by atoms with Gasteiger partial charge in [-0.3, -0.25) is 0 Å². The molecule has 12 heterocycles. The van der Waals surface area contributed by atoms with Crippen LogP contribution < -0.4 is 50.3 Å². The van der Waals surface area contributed by atoms with Gasteiger partial charge in [-0.15, -0.1) is 0 Å². The number of hydrogen-bond donors (Lipinski definition) is 7. The zero-order valence-corrected chi connectivity index (χ0v) is 57.3. The van der Waals surface area contributed by atoms with Crippen molar-refractivity contribution in [1.82, 2.24) is 45.2 Å². The maximum atomic E-state index is 14.9. The second-order valence-corrected chi connectivity index (χ2v) is 25.4. The normalized spacial score (nSPS) is 18.1. The van der Waals surface area contributed by atoms with Gasteiger partial charge in [0.1, 0.15) is 36.2 Å². The van der Waals surface area contributed by atoms with E-state index in [4.69, 9.17) is 31.9 Å². The van der Waals surface area contributed by atoms with E-state index in [0.717, 1.165) is 92.3 Å². The molecular weight excluding hydrogens is 1400 g/mol. The van der Waals surface area contributed by atoms with Crippen LogP contribution in [0.4, 0.5) is 75.2 Å². The molecule has 4 saturated heterocycles. The van der Waals surface area contributed by atoms with Gasteiger partial charge in [0.2, 0.25) is 11.2 Å². The van der Waals surface area contributed by atoms with Crippen LogP contribution in [0.25, 0.3) is 22.5 Å². The highest BCUT2D eigenvalue weighted by Gasteiger charge is 2.29. The first-order valence-corrected chi connectivity index (χ1v) is 33.2. The Hall–Kier alpha value is -9.51. The van der Waals surface area contributed by atoms with Crippen molar-refractivity contribution in [2.45, 2.75) is 89.9 Å². The fourth-order valence-electron chi connectivity index (χ4n) is 11.2.